The van der Waals surface area contributed by atoms with Gasteiger partial charge in [0.15, 0.2) is 0 Å². The molecule has 2 N–H and O–H groups in total. The van der Waals surface area contributed by atoms with E-state index in [0.29, 0.717) is 18.3 Å². The van der Waals surface area contributed by atoms with Crippen molar-refractivity contribution >= 4 is 0 Å². The van der Waals surface area contributed by atoms with Crippen molar-refractivity contribution in [3.8, 4) is 0 Å². The fraction of sp³-hybridized carbons (Fsp3) is 0.571. The van der Waals surface area contributed by atoms with Crippen LogP contribution in [0.3, 0.4) is 0 Å². The summed E-state index contributed by atoms with van der Waals surface area (Å²) in [5.41, 5.74) is 1.35. The van der Waals surface area contributed by atoms with Crippen molar-refractivity contribution in [3.05, 3.63) is 35.8 Å². The van der Waals surface area contributed by atoms with Gasteiger partial charge in [-0.25, -0.2) is 0 Å². The van der Waals surface area contributed by atoms with Crippen LogP contribution >= 0.6 is 0 Å². The van der Waals surface area contributed by atoms with Gasteiger partial charge in [0.05, 0.1) is 6.26 Å². The van der Waals surface area contributed by atoms with E-state index in [-0.39, 0.29) is 0 Å². The van der Waals surface area contributed by atoms with Gasteiger partial charge in [-0.2, -0.15) is 0 Å². The molecule has 1 aromatic heterocycles. The van der Waals surface area contributed by atoms with Crippen molar-refractivity contribution in [1.29, 1.82) is 0 Å². The summed E-state index contributed by atoms with van der Waals surface area (Å²) >= 11 is 0. The van der Waals surface area contributed by atoms with Crippen LogP contribution in [0.5, 0.6) is 0 Å². The van der Waals surface area contributed by atoms with E-state index >= 15 is 0 Å². The van der Waals surface area contributed by atoms with Gasteiger partial charge < -0.3 is 14.8 Å². The van der Waals surface area contributed by atoms with Gasteiger partial charge in [-0.05, 0) is 45.7 Å². The predicted molar refractivity (Wildman–Crippen MR) is 69.8 cm³/mol. The van der Waals surface area contributed by atoms with Crippen LogP contribution in [0.1, 0.15) is 45.5 Å². The Morgan fingerprint density at radius 2 is 2.29 bits per heavy atom. The lowest BCUT2D eigenvalue weighted by atomic mass is 10.1. The second-order valence-corrected chi connectivity index (χ2v) is 4.70. The van der Waals surface area contributed by atoms with Crippen molar-refractivity contribution in [1.82, 2.24) is 5.32 Å². The Balaban J connectivity index is 2.19. The third-order valence-corrected chi connectivity index (χ3v) is 2.68. The molecule has 0 aliphatic heterocycles. The molecule has 0 spiro atoms. The Morgan fingerprint density at radius 3 is 2.88 bits per heavy atom. The second kappa shape index (κ2) is 7.30. The van der Waals surface area contributed by atoms with Gasteiger partial charge in [0.25, 0.3) is 0 Å². The monoisotopic (exact) mass is 237 g/mol. The summed E-state index contributed by atoms with van der Waals surface area (Å²) in [7, 11) is 0. The number of allylic oxidation sites excluding steroid dienone is 2. The molecule has 0 aromatic carbocycles. The first-order valence-corrected chi connectivity index (χ1v) is 6.18. The van der Waals surface area contributed by atoms with E-state index in [9.17, 15) is 5.11 Å². The maximum atomic E-state index is 9.80. The molecule has 96 valence electrons. The standard InChI is InChI=1S/C14H23NO2/c1-11(2)6-4-7-12(3)15-10-13(16)14-8-5-9-17-14/h5-6,8-9,12-13,15-16H,4,7,10H2,1-3H3. The maximum Gasteiger partial charge on any atom is 0.133 e. The molecule has 1 rings (SSSR count). The van der Waals surface area contributed by atoms with Crippen molar-refractivity contribution < 1.29 is 9.52 Å². The Bertz CT molecular complexity index is 326. The van der Waals surface area contributed by atoms with Gasteiger partial charge in [0.2, 0.25) is 0 Å². The van der Waals surface area contributed by atoms with E-state index in [2.05, 4.69) is 32.2 Å². The molecule has 3 heteroatoms. The summed E-state index contributed by atoms with van der Waals surface area (Å²) in [6, 6.07) is 3.98. The van der Waals surface area contributed by atoms with Crippen LogP contribution in [-0.4, -0.2) is 17.7 Å². The Labute approximate surface area is 104 Å². The van der Waals surface area contributed by atoms with Crippen molar-refractivity contribution in [2.45, 2.75) is 45.8 Å². The molecule has 3 nitrogen and oxygen atoms in total. The molecule has 0 amide bonds. The molecule has 1 aromatic rings. The van der Waals surface area contributed by atoms with Crippen LogP contribution in [-0.2, 0) is 0 Å². The van der Waals surface area contributed by atoms with Crippen LogP contribution in [0.4, 0.5) is 0 Å². The first-order chi connectivity index (χ1) is 8.09. The third kappa shape index (κ3) is 5.71. The van der Waals surface area contributed by atoms with Crippen LogP contribution in [0, 0.1) is 0 Å². The maximum absolute atomic E-state index is 9.80. The van der Waals surface area contributed by atoms with E-state index in [4.69, 9.17) is 4.42 Å². The molecule has 0 saturated heterocycles. The van der Waals surface area contributed by atoms with Crippen molar-refractivity contribution in [2.24, 2.45) is 0 Å². The minimum Gasteiger partial charge on any atom is -0.467 e. The molecule has 1 heterocycles. The first-order valence-electron chi connectivity index (χ1n) is 6.18. The zero-order chi connectivity index (χ0) is 12.7. The van der Waals surface area contributed by atoms with Crippen molar-refractivity contribution in [2.75, 3.05) is 6.54 Å². The molecule has 0 radical (unpaired) electrons. The number of hydrogen-bond acceptors (Lipinski definition) is 3. The highest BCUT2D eigenvalue weighted by Gasteiger charge is 2.11. The Morgan fingerprint density at radius 1 is 1.53 bits per heavy atom. The molecule has 2 unspecified atom stereocenters. The second-order valence-electron chi connectivity index (χ2n) is 4.70. The minimum atomic E-state index is -0.559. The molecule has 0 aliphatic rings. The van der Waals surface area contributed by atoms with E-state index in [1.165, 1.54) is 5.57 Å². The average Bonchev–Trinajstić information content (AvgIpc) is 2.78. The fourth-order valence-electron chi connectivity index (χ4n) is 1.62. The SMILES string of the molecule is CC(C)=CCCC(C)NCC(O)c1ccco1. The normalized spacial score (nSPS) is 14.4. The van der Waals surface area contributed by atoms with Gasteiger partial charge in [-0.1, -0.05) is 11.6 Å². The lowest BCUT2D eigenvalue weighted by Gasteiger charge is -2.15. The van der Waals surface area contributed by atoms with E-state index in [0.717, 1.165) is 12.8 Å². The smallest absolute Gasteiger partial charge is 0.133 e. The highest BCUT2D eigenvalue weighted by atomic mass is 16.4. The number of furan rings is 1. The molecule has 0 fully saturated rings. The van der Waals surface area contributed by atoms with Gasteiger partial charge in [-0.15, -0.1) is 0 Å². The highest BCUT2D eigenvalue weighted by Crippen LogP contribution is 2.12. The number of rotatable bonds is 7. The summed E-state index contributed by atoms with van der Waals surface area (Å²) in [6.45, 7) is 6.88. The average molecular weight is 237 g/mol. The number of hydrogen-bond donors (Lipinski definition) is 2. The molecular weight excluding hydrogens is 214 g/mol. The number of aliphatic hydroxyl groups is 1. The zero-order valence-corrected chi connectivity index (χ0v) is 10.9. The summed E-state index contributed by atoms with van der Waals surface area (Å²) in [4.78, 5) is 0. The largest absolute Gasteiger partial charge is 0.467 e. The van der Waals surface area contributed by atoms with Crippen LogP contribution in [0.15, 0.2) is 34.5 Å². The quantitative estimate of drug-likeness (QED) is 0.716. The first kappa shape index (κ1) is 14.0. The Kier molecular flexibility index (Phi) is 6.01. The molecular formula is C14H23NO2. The van der Waals surface area contributed by atoms with E-state index < -0.39 is 6.10 Å². The lowest BCUT2D eigenvalue weighted by molar-refractivity contribution is 0.143. The zero-order valence-electron chi connectivity index (χ0n) is 10.9. The predicted octanol–water partition coefficient (Wildman–Crippen LogP) is 3.04. The van der Waals surface area contributed by atoms with Gasteiger partial charge in [0.1, 0.15) is 11.9 Å². The summed E-state index contributed by atoms with van der Waals surface area (Å²) in [5.74, 6) is 0.619. The summed E-state index contributed by atoms with van der Waals surface area (Å²) in [5, 5.41) is 13.1. The molecule has 17 heavy (non-hydrogen) atoms. The van der Waals surface area contributed by atoms with Crippen LogP contribution in [0.25, 0.3) is 0 Å². The van der Waals surface area contributed by atoms with E-state index in [1.807, 2.05) is 0 Å². The van der Waals surface area contributed by atoms with Gasteiger partial charge in [0, 0.05) is 12.6 Å². The van der Waals surface area contributed by atoms with Gasteiger partial charge in [-0.3, -0.25) is 0 Å². The lowest BCUT2D eigenvalue weighted by Crippen LogP contribution is -2.30. The van der Waals surface area contributed by atoms with Crippen LogP contribution in [0.2, 0.25) is 0 Å². The molecule has 2 atom stereocenters. The number of nitrogens with one attached hydrogen (secondary N) is 1. The van der Waals surface area contributed by atoms with Gasteiger partial charge >= 0.3 is 0 Å². The minimum absolute atomic E-state index is 0.398. The van der Waals surface area contributed by atoms with Crippen molar-refractivity contribution in [3.63, 3.8) is 0 Å². The summed E-state index contributed by atoms with van der Waals surface area (Å²) in [6.07, 6.45) is 5.41. The summed E-state index contributed by atoms with van der Waals surface area (Å²) < 4.78 is 5.14. The van der Waals surface area contributed by atoms with Crippen LogP contribution < -0.4 is 5.32 Å². The van der Waals surface area contributed by atoms with E-state index in [1.54, 1.807) is 18.4 Å². The third-order valence-electron chi connectivity index (χ3n) is 2.68. The Hall–Kier alpha value is -1.06. The highest BCUT2D eigenvalue weighted by molar-refractivity contribution is 5.02. The molecule has 0 bridgehead atoms. The molecule has 0 saturated carbocycles. The fourth-order valence-corrected chi connectivity index (χ4v) is 1.62. The number of aliphatic hydroxyl groups excluding tert-OH is 1. The molecule has 0 aliphatic carbocycles. The topological polar surface area (TPSA) is 45.4 Å².